The molecule has 0 saturated heterocycles. The topological polar surface area (TPSA) is 58.3 Å². The molecule has 1 fully saturated rings. The Morgan fingerprint density at radius 3 is 2.88 bits per heavy atom. The Labute approximate surface area is 95.7 Å². The van der Waals surface area contributed by atoms with Crippen molar-refractivity contribution in [3.63, 3.8) is 0 Å². The Hall–Kier alpha value is -1.06. The van der Waals surface area contributed by atoms with Crippen LogP contribution in [0.3, 0.4) is 0 Å². The number of para-hydroxylation sites is 1. The second-order valence-electron chi connectivity index (χ2n) is 5.16. The van der Waals surface area contributed by atoms with Gasteiger partial charge < -0.3 is 16.2 Å². The number of rotatable bonds is 1. The molecule has 1 aliphatic heterocycles. The number of fused-ring (bicyclic) bond motifs is 1. The summed E-state index contributed by atoms with van der Waals surface area (Å²) >= 11 is 0. The number of aliphatic hydroxyl groups is 1. The van der Waals surface area contributed by atoms with Gasteiger partial charge in [-0.15, -0.1) is 0 Å². The molecule has 1 aromatic carbocycles. The Balaban J connectivity index is 1.81. The van der Waals surface area contributed by atoms with Crippen LogP contribution in [0.5, 0.6) is 0 Å². The van der Waals surface area contributed by atoms with Crippen molar-refractivity contribution in [2.45, 2.75) is 43.4 Å². The lowest BCUT2D eigenvalue weighted by Crippen LogP contribution is -2.44. The Morgan fingerprint density at radius 2 is 2.19 bits per heavy atom. The fourth-order valence-electron chi connectivity index (χ4n) is 3.03. The summed E-state index contributed by atoms with van der Waals surface area (Å²) in [4.78, 5) is 0. The monoisotopic (exact) mass is 218 g/mol. The van der Waals surface area contributed by atoms with Crippen LogP contribution in [-0.2, 0) is 6.42 Å². The third-order valence-corrected chi connectivity index (χ3v) is 3.98. The first kappa shape index (κ1) is 10.1. The third-order valence-electron chi connectivity index (χ3n) is 3.98. The van der Waals surface area contributed by atoms with Gasteiger partial charge in [0.1, 0.15) is 0 Å². The lowest BCUT2D eigenvalue weighted by Gasteiger charge is -2.30. The summed E-state index contributed by atoms with van der Waals surface area (Å²) in [6.07, 6.45) is 3.39. The summed E-state index contributed by atoms with van der Waals surface area (Å²) in [5.41, 5.74) is 7.76. The number of nitrogens with two attached hydrogens (primary N) is 1. The Kier molecular flexibility index (Phi) is 2.19. The SMILES string of the molecule is NC1CCC(O)(C2Cc3ccccc3N2)C1. The minimum atomic E-state index is -0.613. The van der Waals surface area contributed by atoms with E-state index >= 15 is 0 Å². The second kappa shape index (κ2) is 3.47. The molecule has 0 radical (unpaired) electrons. The van der Waals surface area contributed by atoms with Crippen molar-refractivity contribution in [3.8, 4) is 0 Å². The smallest absolute Gasteiger partial charge is 0.0866 e. The lowest BCUT2D eigenvalue weighted by atomic mass is 9.90. The lowest BCUT2D eigenvalue weighted by molar-refractivity contribution is 0.0285. The second-order valence-corrected chi connectivity index (χ2v) is 5.16. The van der Waals surface area contributed by atoms with Gasteiger partial charge in [0, 0.05) is 11.7 Å². The first-order valence-electron chi connectivity index (χ1n) is 6.00. The highest BCUT2D eigenvalue weighted by Crippen LogP contribution is 2.38. The highest BCUT2D eigenvalue weighted by atomic mass is 16.3. The van der Waals surface area contributed by atoms with Gasteiger partial charge in [0.2, 0.25) is 0 Å². The molecular weight excluding hydrogens is 200 g/mol. The van der Waals surface area contributed by atoms with Crippen molar-refractivity contribution in [3.05, 3.63) is 29.8 Å². The number of hydrogen-bond acceptors (Lipinski definition) is 3. The zero-order valence-electron chi connectivity index (χ0n) is 9.32. The predicted molar refractivity (Wildman–Crippen MR) is 64.3 cm³/mol. The van der Waals surface area contributed by atoms with Gasteiger partial charge in [0.25, 0.3) is 0 Å². The molecule has 0 aromatic heterocycles. The minimum absolute atomic E-state index is 0.137. The van der Waals surface area contributed by atoms with E-state index in [9.17, 15) is 5.11 Å². The van der Waals surface area contributed by atoms with E-state index in [-0.39, 0.29) is 12.1 Å². The van der Waals surface area contributed by atoms with E-state index in [2.05, 4.69) is 17.4 Å². The quantitative estimate of drug-likeness (QED) is 0.665. The summed E-state index contributed by atoms with van der Waals surface area (Å²) in [6, 6.07) is 8.58. The van der Waals surface area contributed by atoms with Gasteiger partial charge in [-0.1, -0.05) is 18.2 Å². The highest BCUT2D eigenvalue weighted by molar-refractivity contribution is 5.57. The van der Waals surface area contributed by atoms with E-state index in [0.29, 0.717) is 0 Å². The molecule has 1 aliphatic carbocycles. The first-order valence-corrected chi connectivity index (χ1v) is 6.00. The zero-order valence-corrected chi connectivity index (χ0v) is 9.32. The molecule has 0 spiro atoms. The molecule has 3 heteroatoms. The van der Waals surface area contributed by atoms with Crippen molar-refractivity contribution < 1.29 is 5.11 Å². The van der Waals surface area contributed by atoms with Gasteiger partial charge in [-0.2, -0.15) is 0 Å². The van der Waals surface area contributed by atoms with Gasteiger partial charge in [-0.3, -0.25) is 0 Å². The van der Waals surface area contributed by atoms with Crippen molar-refractivity contribution in [1.29, 1.82) is 0 Å². The molecule has 2 aliphatic rings. The van der Waals surface area contributed by atoms with E-state index in [1.54, 1.807) is 0 Å². The molecule has 16 heavy (non-hydrogen) atoms. The molecule has 3 unspecified atom stereocenters. The number of anilines is 1. The first-order chi connectivity index (χ1) is 7.67. The van der Waals surface area contributed by atoms with Crippen LogP contribution in [0.2, 0.25) is 0 Å². The van der Waals surface area contributed by atoms with Gasteiger partial charge in [-0.05, 0) is 37.3 Å². The molecule has 1 saturated carbocycles. The molecule has 1 aromatic rings. The normalized spacial score (nSPS) is 37.1. The fraction of sp³-hybridized carbons (Fsp3) is 0.538. The van der Waals surface area contributed by atoms with E-state index in [1.807, 2.05) is 12.1 Å². The van der Waals surface area contributed by atoms with Crippen LogP contribution < -0.4 is 11.1 Å². The van der Waals surface area contributed by atoms with E-state index in [4.69, 9.17) is 5.73 Å². The summed E-state index contributed by atoms with van der Waals surface area (Å²) < 4.78 is 0. The van der Waals surface area contributed by atoms with Gasteiger partial charge in [0.15, 0.2) is 0 Å². The van der Waals surface area contributed by atoms with E-state index < -0.39 is 5.60 Å². The summed E-state index contributed by atoms with van der Waals surface area (Å²) in [7, 11) is 0. The highest BCUT2D eigenvalue weighted by Gasteiger charge is 2.44. The maximum atomic E-state index is 10.6. The average Bonchev–Trinajstić information content (AvgIpc) is 2.83. The minimum Gasteiger partial charge on any atom is -0.388 e. The molecule has 3 rings (SSSR count). The van der Waals surface area contributed by atoms with Crippen molar-refractivity contribution >= 4 is 5.69 Å². The van der Waals surface area contributed by atoms with Crippen molar-refractivity contribution in [2.75, 3.05) is 5.32 Å². The molecule has 0 amide bonds. The average molecular weight is 218 g/mol. The maximum Gasteiger partial charge on any atom is 0.0866 e. The number of benzene rings is 1. The van der Waals surface area contributed by atoms with Crippen LogP contribution in [0.15, 0.2) is 24.3 Å². The van der Waals surface area contributed by atoms with Crippen LogP contribution in [0, 0.1) is 0 Å². The molecule has 1 heterocycles. The third kappa shape index (κ3) is 1.51. The van der Waals surface area contributed by atoms with Crippen LogP contribution in [0.1, 0.15) is 24.8 Å². The summed E-state index contributed by atoms with van der Waals surface area (Å²) in [5.74, 6) is 0. The molecular formula is C13H18N2O. The van der Waals surface area contributed by atoms with Crippen LogP contribution >= 0.6 is 0 Å². The Bertz CT molecular complexity index is 382. The summed E-state index contributed by atoms with van der Waals surface area (Å²) in [6.45, 7) is 0. The van der Waals surface area contributed by atoms with E-state index in [0.717, 1.165) is 25.7 Å². The van der Waals surface area contributed by atoms with Crippen molar-refractivity contribution in [1.82, 2.24) is 0 Å². The van der Waals surface area contributed by atoms with Crippen LogP contribution in [-0.4, -0.2) is 22.8 Å². The van der Waals surface area contributed by atoms with Gasteiger partial charge in [0.05, 0.1) is 11.6 Å². The van der Waals surface area contributed by atoms with Gasteiger partial charge in [-0.25, -0.2) is 0 Å². The molecule has 4 N–H and O–H groups in total. The zero-order chi connectivity index (χ0) is 11.2. The molecule has 3 atom stereocenters. The van der Waals surface area contributed by atoms with Crippen molar-refractivity contribution in [2.24, 2.45) is 5.73 Å². The Morgan fingerprint density at radius 1 is 1.38 bits per heavy atom. The largest absolute Gasteiger partial charge is 0.388 e. The molecule has 0 bridgehead atoms. The number of nitrogens with one attached hydrogen (secondary N) is 1. The predicted octanol–water partition coefficient (Wildman–Crippen LogP) is 1.27. The van der Waals surface area contributed by atoms with Crippen LogP contribution in [0.25, 0.3) is 0 Å². The summed E-state index contributed by atoms with van der Waals surface area (Å²) in [5, 5.41) is 14.0. The van der Waals surface area contributed by atoms with Crippen LogP contribution in [0.4, 0.5) is 5.69 Å². The molecule has 86 valence electrons. The molecule has 3 nitrogen and oxygen atoms in total. The standard InChI is InChI=1S/C13H18N2O/c14-10-5-6-13(16,8-10)12-7-9-3-1-2-4-11(9)15-12/h1-4,10,12,15-16H,5-8,14H2. The van der Waals surface area contributed by atoms with E-state index in [1.165, 1.54) is 11.3 Å². The van der Waals surface area contributed by atoms with Gasteiger partial charge >= 0.3 is 0 Å². The fourth-order valence-corrected chi connectivity index (χ4v) is 3.03. The number of hydrogen-bond donors (Lipinski definition) is 3. The maximum absolute atomic E-state index is 10.6.